The van der Waals surface area contributed by atoms with Crippen molar-refractivity contribution in [2.45, 2.75) is 18.8 Å². The summed E-state index contributed by atoms with van der Waals surface area (Å²) >= 11 is 0. The van der Waals surface area contributed by atoms with E-state index in [4.69, 9.17) is 9.47 Å². The minimum atomic E-state index is -0.658. The van der Waals surface area contributed by atoms with Crippen LogP contribution in [0.4, 0.5) is 0 Å². The van der Waals surface area contributed by atoms with E-state index in [9.17, 15) is 4.79 Å². The van der Waals surface area contributed by atoms with Crippen molar-refractivity contribution >= 4 is 5.78 Å². The lowest BCUT2D eigenvalue weighted by Gasteiger charge is -2.29. The molecule has 27 heavy (non-hydrogen) atoms. The molecule has 1 atom stereocenters. The number of carbonyl (C=O) groups is 1. The Morgan fingerprint density at radius 1 is 0.815 bits per heavy atom. The van der Waals surface area contributed by atoms with Crippen LogP contribution in [-0.2, 0) is 5.41 Å². The van der Waals surface area contributed by atoms with Gasteiger partial charge in [-0.2, -0.15) is 0 Å². The molecule has 0 radical (unpaired) electrons. The van der Waals surface area contributed by atoms with Gasteiger partial charge < -0.3 is 9.47 Å². The first-order chi connectivity index (χ1) is 13.1. The summed E-state index contributed by atoms with van der Waals surface area (Å²) in [6, 6.07) is 26.8. The average molecular weight is 360 g/mol. The number of Topliss-reactive ketones (excluding diaryl/α,β-unsaturated/α-hetero) is 1. The van der Waals surface area contributed by atoms with Crippen molar-refractivity contribution in [2.24, 2.45) is 0 Å². The van der Waals surface area contributed by atoms with Gasteiger partial charge in [0.05, 0.1) is 19.1 Å². The van der Waals surface area contributed by atoms with Gasteiger partial charge in [0.25, 0.3) is 0 Å². The Balaban J connectivity index is 1.79. The third-order valence-electron chi connectivity index (χ3n) is 4.88. The van der Waals surface area contributed by atoms with Gasteiger partial charge in [-0.05, 0) is 43.2 Å². The van der Waals surface area contributed by atoms with Gasteiger partial charge in [0.15, 0.2) is 5.78 Å². The summed E-state index contributed by atoms with van der Waals surface area (Å²) in [6.07, 6.45) is 0.580. The van der Waals surface area contributed by atoms with Crippen LogP contribution in [0.3, 0.4) is 0 Å². The molecular formula is C24H24O3. The Kier molecular flexibility index (Phi) is 5.92. The lowest BCUT2D eigenvalue weighted by molar-refractivity contribution is 0.0871. The molecule has 3 aromatic carbocycles. The molecule has 3 heteroatoms. The molecule has 1 unspecified atom stereocenters. The highest BCUT2D eigenvalue weighted by Crippen LogP contribution is 2.32. The van der Waals surface area contributed by atoms with E-state index in [0.29, 0.717) is 18.6 Å². The third kappa shape index (κ3) is 4.37. The molecule has 3 rings (SSSR count). The maximum absolute atomic E-state index is 13.3. The molecule has 0 aromatic heterocycles. The highest BCUT2D eigenvalue weighted by atomic mass is 16.5. The smallest absolute Gasteiger partial charge is 0.173 e. The van der Waals surface area contributed by atoms with Crippen LogP contribution in [0.15, 0.2) is 84.9 Å². The van der Waals surface area contributed by atoms with Crippen molar-refractivity contribution in [3.63, 3.8) is 0 Å². The fourth-order valence-electron chi connectivity index (χ4n) is 3.15. The highest BCUT2D eigenvalue weighted by molar-refractivity contribution is 6.03. The van der Waals surface area contributed by atoms with Gasteiger partial charge in [-0.25, -0.2) is 0 Å². The number of hydrogen-bond acceptors (Lipinski definition) is 3. The van der Waals surface area contributed by atoms with Crippen LogP contribution in [0.1, 0.15) is 29.3 Å². The zero-order valence-electron chi connectivity index (χ0n) is 15.7. The van der Waals surface area contributed by atoms with E-state index in [1.807, 2.05) is 91.9 Å². The molecule has 0 saturated carbocycles. The molecule has 0 spiro atoms. The second-order valence-electron chi connectivity index (χ2n) is 6.67. The Bertz CT molecular complexity index is 857. The summed E-state index contributed by atoms with van der Waals surface area (Å²) < 4.78 is 11.1. The number of hydrogen-bond donors (Lipinski definition) is 0. The zero-order valence-corrected chi connectivity index (χ0v) is 15.7. The van der Waals surface area contributed by atoms with Crippen molar-refractivity contribution in [3.8, 4) is 11.5 Å². The van der Waals surface area contributed by atoms with Gasteiger partial charge >= 0.3 is 0 Å². The Hall–Kier alpha value is -3.07. The Labute approximate surface area is 160 Å². The lowest BCUT2D eigenvalue weighted by Crippen LogP contribution is -2.34. The first-order valence-corrected chi connectivity index (χ1v) is 9.06. The minimum Gasteiger partial charge on any atom is -0.497 e. The zero-order chi connectivity index (χ0) is 19.1. The van der Waals surface area contributed by atoms with Crippen molar-refractivity contribution in [2.75, 3.05) is 13.7 Å². The van der Waals surface area contributed by atoms with E-state index >= 15 is 0 Å². The number of methoxy groups -OCH3 is 1. The number of ketones is 1. The topological polar surface area (TPSA) is 35.5 Å². The standard InChI is InChI=1S/C24H24O3/c1-24(20-11-7-4-8-12-20,23(25)19-9-5-3-6-10-19)17-18-27-22-15-13-21(26-2)14-16-22/h3-16H,17-18H2,1-2H3. The van der Waals surface area contributed by atoms with Crippen LogP contribution in [0.25, 0.3) is 0 Å². The van der Waals surface area contributed by atoms with Gasteiger partial charge in [0.2, 0.25) is 0 Å². The highest BCUT2D eigenvalue weighted by Gasteiger charge is 2.35. The van der Waals surface area contributed by atoms with Crippen molar-refractivity contribution in [1.82, 2.24) is 0 Å². The summed E-state index contributed by atoms with van der Waals surface area (Å²) in [6.45, 7) is 2.44. The summed E-state index contributed by atoms with van der Waals surface area (Å²) in [5.74, 6) is 1.65. The summed E-state index contributed by atoms with van der Waals surface area (Å²) in [5.41, 5.74) is 1.06. The minimum absolute atomic E-state index is 0.104. The van der Waals surface area contributed by atoms with E-state index < -0.39 is 5.41 Å². The second kappa shape index (κ2) is 8.54. The fourth-order valence-corrected chi connectivity index (χ4v) is 3.15. The van der Waals surface area contributed by atoms with Gasteiger partial charge in [0.1, 0.15) is 11.5 Å². The third-order valence-corrected chi connectivity index (χ3v) is 4.88. The van der Waals surface area contributed by atoms with Gasteiger partial charge in [-0.3, -0.25) is 4.79 Å². The van der Waals surface area contributed by atoms with E-state index in [2.05, 4.69) is 0 Å². The molecule has 0 saturated heterocycles. The number of rotatable bonds is 8. The molecule has 0 heterocycles. The fraction of sp³-hybridized carbons (Fsp3) is 0.208. The summed E-state index contributed by atoms with van der Waals surface area (Å²) in [5, 5.41) is 0. The molecule has 0 amide bonds. The van der Waals surface area contributed by atoms with Crippen LogP contribution in [0, 0.1) is 0 Å². The van der Waals surface area contributed by atoms with Crippen LogP contribution >= 0.6 is 0 Å². The van der Waals surface area contributed by atoms with Crippen molar-refractivity contribution in [3.05, 3.63) is 96.1 Å². The SMILES string of the molecule is COc1ccc(OCCC(C)(C(=O)c2ccccc2)c2ccccc2)cc1. The van der Waals surface area contributed by atoms with E-state index in [0.717, 1.165) is 17.1 Å². The Morgan fingerprint density at radius 3 is 1.96 bits per heavy atom. The molecule has 0 aliphatic heterocycles. The van der Waals surface area contributed by atoms with E-state index in [1.165, 1.54) is 0 Å². The maximum Gasteiger partial charge on any atom is 0.173 e. The average Bonchev–Trinajstić information content (AvgIpc) is 2.75. The van der Waals surface area contributed by atoms with Crippen LogP contribution in [0.2, 0.25) is 0 Å². The number of carbonyl (C=O) groups excluding carboxylic acids is 1. The Morgan fingerprint density at radius 2 is 1.37 bits per heavy atom. The normalized spacial score (nSPS) is 12.8. The molecule has 0 aliphatic carbocycles. The van der Waals surface area contributed by atoms with E-state index in [-0.39, 0.29) is 5.78 Å². The van der Waals surface area contributed by atoms with Gasteiger partial charge in [0, 0.05) is 5.56 Å². The predicted octanol–water partition coefficient (Wildman–Crippen LogP) is 5.30. The first-order valence-electron chi connectivity index (χ1n) is 9.06. The number of benzene rings is 3. The summed E-state index contributed by atoms with van der Waals surface area (Å²) in [4.78, 5) is 13.3. The first kappa shape index (κ1) is 18.7. The maximum atomic E-state index is 13.3. The van der Waals surface area contributed by atoms with Crippen LogP contribution < -0.4 is 9.47 Å². The molecule has 0 aliphatic rings. The van der Waals surface area contributed by atoms with Gasteiger partial charge in [-0.15, -0.1) is 0 Å². The monoisotopic (exact) mass is 360 g/mol. The molecular weight excluding hydrogens is 336 g/mol. The molecule has 0 bridgehead atoms. The predicted molar refractivity (Wildman–Crippen MR) is 108 cm³/mol. The largest absolute Gasteiger partial charge is 0.497 e. The van der Waals surface area contributed by atoms with Crippen molar-refractivity contribution in [1.29, 1.82) is 0 Å². The van der Waals surface area contributed by atoms with Gasteiger partial charge in [-0.1, -0.05) is 60.7 Å². The molecule has 0 fully saturated rings. The van der Waals surface area contributed by atoms with Crippen molar-refractivity contribution < 1.29 is 14.3 Å². The number of ether oxygens (including phenoxy) is 2. The molecule has 3 nitrogen and oxygen atoms in total. The summed E-state index contributed by atoms with van der Waals surface area (Å²) in [7, 11) is 1.64. The van der Waals surface area contributed by atoms with Crippen LogP contribution in [-0.4, -0.2) is 19.5 Å². The molecule has 3 aromatic rings. The van der Waals surface area contributed by atoms with Crippen LogP contribution in [0.5, 0.6) is 11.5 Å². The van der Waals surface area contributed by atoms with E-state index in [1.54, 1.807) is 7.11 Å². The lowest BCUT2D eigenvalue weighted by atomic mass is 9.74. The quantitative estimate of drug-likeness (QED) is 0.511. The molecule has 138 valence electrons. The molecule has 0 N–H and O–H groups in total. The second-order valence-corrected chi connectivity index (χ2v) is 6.67.